The van der Waals surface area contributed by atoms with Crippen molar-refractivity contribution in [1.82, 2.24) is 9.62 Å². The van der Waals surface area contributed by atoms with Crippen LogP contribution in [0.3, 0.4) is 0 Å². The maximum absolute atomic E-state index is 13.3. The standard InChI is InChI=1S/C12H17FN2O2S/c1-9-5-10(13)7-12(6-9)18(16,17)15(2)11-3-4-14-8-11/h5-7,11,14H,3-4,8H2,1-2H3. The van der Waals surface area contributed by atoms with Crippen molar-refractivity contribution < 1.29 is 12.8 Å². The van der Waals surface area contributed by atoms with Gasteiger partial charge in [0.1, 0.15) is 5.82 Å². The first-order valence-electron chi connectivity index (χ1n) is 5.87. The molecule has 1 aliphatic heterocycles. The van der Waals surface area contributed by atoms with Gasteiger partial charge in [0.2, 0.25) is 10.0 Å². The second-order valence-corrected chi connectivity index (χ2v) is 6.63. The Morgan fingerprint density at radius 3 is 2.67 bits per heavy atom. The van der Waals surface area contributed by atoms with E-state index in [1.165, 1.54) is 16.4 Å². The molecular formula is C12H17FN2O2S. The van der Waals surface area contributed by atoms with Crippen LogP contribution in [0.2, 0.25) is 0 Å². The van der Waals surface area contributed by atoms with E-state index >= 15 is 0 Å². The van der Waals surface area contributed by atoms with E-state index in [1.54, 1.807) is 14.0 Å². The second kappa shape index (κ2) is 4.95. The fraction of sp³-hybridized carbons (Fsp3) is 0.500. The lowest BCUT2D eigenvalue weighted by molar-refractivity contribution is 0.387. The van der Waals surface area contributed by atoms with Crippen LogP contribution in [0.15, 0.2) is 23.1 Å². The lowest BCUT2D eigenvalue weighted by Gasteiger charge is -2.23. The second-order valence-electron chi connectivity index (χ2n) is 4.63. The summed E-state index contributed by atoms with van der Waals surface area (Å²) in [6.45, 7) is 3.13. The van der Waals surface area contributed by atoms with Crippen molar-refractivity contribution in [2.75, 3.05) is 20.1 Å². The zero-order valence-electron chi connectivity index (χ0n) is 10.5. The number of halogens is 1. The van der Waals surface area contributed by atoms with Gasteiger partial charge in [-0.1, -0.05) is 0 Å². The zero-order chi connectivity index (χ0) is 13.3. The van der Waals surface area contributed by atoms with Crippen LogP contribution in [0, 0.1) is 12.7 Å². The SMILES string of the molecule is Cc1cc(F)cc(S(=O)(=O)N(C)C2CCNC2)c1. The summed E-state index contributed by atoms with van der Waals surface area (Å²) in [7, 11) is -2.07. The summed E-state index contributed by atoms with van der Waals surface area (Å²) >= 11 is 0. The van der Waals surface area contributed by atoms with E-state index in [0.717, 1.165) is 19.0 Å². The van der Waals surface area contributed by atoms with Crippen molar-refractivity contribution in [2.45, 2.75) is 24.3 Å². The van der Waals surface area contributed by atoms with Gasteiger partial charge in [-0.05, 0) is 43.7 Å². The minimum atomic E-state index is -3.61. The molecule has 1 N–H and O–H groups in total. The Morgan fingerprint density at radius 1 is 1.39 bits per heavy atom. The molecule has 1 aliphatic rings. The lowest BCUT2D eigenvalue weighted by Crippen LogP contribution is -2.38. The molecule has 1 saturated heterocycles. The topological polar surface area (TPSA) is 49.4 Å². The van der Waals surface area contributed by atoms with E-state index in [9.17, 15) is 12.8 Å². The van der Waals surface area contributed by atoms with Gasteiger partial charge < -0.3 is 5.32 Å². The highest BCUT2D eigenvalue weighted by Crippen LogP contribution is 2.21. The first-order chi connectivity index (χ1) is 8.41. The lowest BCUT2D eigenvalue weighted by atomic mass is 10.2. The minimum absolute atomic E-state index is 0.0226. The maximum Gasteiger partial charge on any atom is 0.243 e. The van der Waals surface area contributed by atoms with Crippen LogP contribution < -0.4 is 5.32 Å². The van der Waals surface area contributed by atoms with Crippen LogP contribution in [0.1, 0.15) is 12.0 Å². The molecular weight excluding hydrogens is 255 g/mol. The van der Waals surface area contributed by atoms with E-state index < -0.39 is 15.8 Å². The molecule has 0 spiro atoms. The molecule has 0 saturated carbocycles. The number of hydrogen-bond donors (Lipinski definition) is 1. The van der Waals surface area contributed by atoms with Gasteiger partial charge in [0, 0.05) is 19.6 Å². The summed E-state index contributed by atoms with van der Waals surface area (Å²) < 4.78 is 39.3. The van der Waals surface area contributed by atoms with Gasteiger partial charge in [-0.25, -0.2) is 12.8 Å². The average Bonchev–Trinajstić information content (AvgIpc) is 2.79. The monoisotopic (exact) mass is 272 g/mol. The predicted octanol–water partition coefficient (Wildman–Crippen LogP) is 1.12. The van der Waals surface area contributed by atoms with E-state index in [4.69, 9.17) is 0 Å². The number of aryl methyl sites for hydroxylation is 1. The molecule has 1 aromatic rings. The van der Waals surface area contributed by atoms with E-state index in [2.05, 4.69) is 5.32 Å². The van der Waals surface area contributed by atoms with Crippen molar-refractivity contribution in [3.8, 4) is 0 Å². The molecule has 4 nitrogen and oxygen atoms in total. The molecule has 1 atom stereocenters. The quantitative estimate of drug-likeness (QED) is 0.897. The molecule has 18 heavy (non-hydrogen) atoms. The van der Waals surface area contributed by atoms with Gasteiger partial charge in [0.05, 0.1) is 4.90 Å². The Hall–Kier alpha value is -0.980. The number of sulfonamides is 1. The maximum atomic E-state index is 13.3. The highest BCUT2D eigenvalue weighted by molar-refractivity contribution is 7.89. The Labute approximate surface area is 107 Å². The Morgan fingerprint density at radius 2 is 2.11 bits per heavy atom. The molecule has 1 unspecified atom stereocenters. The molecule has 0 aliphatic carbocycles. The number of benzene rings is 1. The van der Waals surface area contributed by atoms with E-state index in [0.29, 0.717) is 12.1 Å². The van der Waals surface area contributed by atoms with Crippen molar-refractivity contribution in [3.63, 3.8) is 0 Å². The molecule has 2 rings (SSSR count). The van der Waals surface area contributed by atoms with Crippen molar-refractivity contribution in [2.24, 2.45) is 0 Å². The van der Waals surface area contributed by atoms with Crippen LogP contribution in [0.4, 0.5) is 4.39 Å². The minimum Gasteiger partial charge on any atom is -0.315 e. The first kappa shape index (κ1) is 13.5. The zero-order valence-corrected chi connectivity index (χ0v) is 11.3. The average molecular weight is 272 g/mol. The van der Waals surface area contributed by atoms with Crippen molar-refractivity contribution in [1.29, 1.82) is 0 Å². The number of hydrogen-bond acceptors (Lipinski definition) is 3. The van der Waals surface area contributed by atoms with Crippen LogP contribution in [0.5, 0.6) is 0 Å². The fourth-order valence-corrected chi connectivity index (χ4v) is 3.67. The third-order valence-corrected chi connectivity index (χ3v) is 5.13. The van der Waals surface area contributed by atoms with Crippen molar-refractivity contribution >= 4 is 10.0 Å². The molecule has 1 fully saturated rings. The van der Waals surface area contributed by atoms with Crippen molar-refractivity contribution in [3.05, 3.63) is 29.6 Å². The summed E-state index contributed by atoms with van der Waals surface area (Å²) in [6, 6.07) is 3.83. The van der Waals surface area contributed by atoms with Crippen LogP contribution >= 0.6 is 0 Å². The summed E-state index contributed by atoms with van der Waals surface area (Å²) in [6.07, 6.45) is 0.782. The number of likely N-dealkylation sites (N-methyl/N-ethyl adjacent to an activating group) is 1. The van der Waals surface area contributed by atoms with Gasteiger partial charge in [-0.3, -0.25) is 0 Å². The first-order valence-corrected chi connectivity index (χ1v) is 7.31. The normalized spacial score (nSPS) is 20.6. The van der Waals surface area contributed by atoms with Crippen LogP contribution in [0.25, 0.3) is 0 Å². The van der Waals surface area contributed by atoms with E-state index in [-0.39, 0.29) is 10.9 Å². The van der Waals surface area contributed by atoms with Gasteiger partial charge in [0.25, 0.3) is 0 Å². The molecule has 1 heterocycles. The highest BCUT2D eigenvalue weighted by atomic mass is 32.2. The third-order valence-electron chi connectivity index (χ3n) is 3.24. The van der Waals surface area contributed by atoms with Gasteiger partial charge in [-0.2, -0.15) is 4.31 Å². The Balaban J connectivity index is 2.34. The largest absolute Gasteiger partial charge is 0.315 e. The predicted molar refractivity (Wildman–Crippen MR) is 67.4 cm³/mol. The summed E-state index contributed by atoms with van der Waals surface area (Å²) in [5.41, 5.74) is 0.603. The van der Waals surface area contributed by atoms with Crippen LogP contribution in [-0.4, -0.2) is 38.9 Å². The molecule has 100 valence electrons. The van der Waals surface area contributed by atoms with E-state index in [1.807, 2.05) is 0 Å². The van der Waals surface area contributed by atoms with Gasteiger partial charge >= 0.3 is 0 Å². The van der Waals surface area contributed by atoms with Gasteiger partial charge in [0.15, 0.2) is 0 Å². The summed E-state index contributed by atoms with van der Waals surface area (Å²) in [5.74, 6) is -0.522. The highest BCUT2D eigenvalue weighted by Gasteiger charge is 2.30. The fourth-order valence-electron chi connectivity index (χ4n) is 2.16. The molecule has 0 amide bonds. The number of nitrogens with zero attached hydrogens (tertiary/aromatic N) is 1. The summed E-state index contributed by atoms with van der Waals surface area (Å²) in [4.78, 5) is 0.0226. The molecule has 0 bridgehead atoms. The van der Waals surface area contributed by atoms with Gasteiger partial charge in [-0.15, -0.1) is 0 Å². The molecule has 0 aromatic heterocycles. The smallest absolute Gasteiger partial charge is 0.243 e. The van der Waals surface area contributed by atoms with Crippen LogP contribution in [-0.2, 0) is 10.0 Å². The Bertz CT molecular complexity index is 519. The summed E-state index contributed by atoms with van der Waals surface area (Å²) in [5, 5.41) is 3.12. The Kier molecular flexibility index (Phi) is 3.70. The third kappa shape index (κ3) is 2.55. The number of rotatable bonds is 3. The number of nitrogens with one attached hydrogen (secondary N) is 1. The molecule has 1 aromatic carbocycles. The molecule has 6 heteroatoms. The molecule has 0 radical (unpaired) electrons.